The summed E-state index contributed by atoms with van der Waals surface area (Å²) in [6.07, 6.45) is -0.835. The minimum atomic E-state index is -0.835. The Labute approximate surface area is 120 Å². The van der Waals surface area contributed by atoms with Gasteiger partial charge >= 0.3 is 6.03 Å². The number of aryl methyl sites for hydroxylation is 1. The number of halogens is 1. The van der Waals surface area contributed by atoms with E-state index in [9.17, 15) is 9.90 Å². The van der Waals surface area contributed by atoms with Gasteiger partial charge in [0.1, 0.15) is 5.76 Å². The SMILES string of the molecule is Cc1cc(NC(=O)NC[C@@H](O)c2cccc(Cl)c2)no1. The van der Waals surface area contributed by atoms with Crippen molar-refractivity contribution in [2.24, 2.45) is 0 Å². The topological polar surface area (TPSA) is 87.4 Å². The lowest BCUT2D eigenvalue weighted by Gasteiger charge is -2.12. The van der Waals surface area contributed by atoms with Crippen molar-refractivity contribution in [3.63, 3.8) is 0 Å². The first-order valence-corrected chi connectivity index (χ1v) is 6.34. The molecular formula is C13H14ClN3O3. The number of nitrogens with one attached hydrogen (secondary N) is 2. The molecule has 0 saturated carbocycles. The average Bonchev–Trinajstić information content (AvgIpc) is 2.81. The van der Waals surface area contributed by atoms with Crippen LogP contribution in [0.4, 0.5) is 10.6 Å². The molecule has 0 fully saturated rings. The van der Waals surface area contributed by atoms with Gasteiger partial charge in [0.05, 0.1) is 6.10 Å². The smallest absolute Gasteiger partial charge is 0.320 e. The van der Waals surface area contributed by atoms with Gasteiger partial charge in [-0.15, -0.1) is 0 Å². The Kier molecular flexibility index (Phi) is 4.60. The number of hydrogen-bond acceptors (Lipinski definition) is 4. The molecule has 1 aromatic carbocycles. The van der Waals surface area contributed by atoms with Crippen LogP contribution < -0.4 is 10.6 Å². The summed E-state index contributed by atoms with van der Waals surface area (Å²) < 4.78 is 4.82. The van der Waals surface area contributed by atoms with Gasteiger partial charge in [-0.3, -0.25) is 5.32 Å². The molecule has 1 aromatic heterocycles. The van der Waals surface area contributed by atoms with Gasteiger partial charge in [0.15, 0.2) is 5.82 Å². The van der Waals surface area contributed by atoms with E-state index >= 15 is 0 Å². The van der Waals surface area contributed by atoms with E-state index in [0.29, 0.717) is 22.2 Å². The Hall–Kier alpha value is -2.05. The minimum Gasteiger partial charge on any atom is -0.387 e. The fourth-order valence-corrected chi connectivity index (χ4v) is 1.81. The second kappa shape index (κ2) is 6.40. The minimum absolute atomic E-state index is 0.0585. The van der Waals surface area contributed by atoms with Crippen molar-refractivity contribution >= 4 is 23.4 Å². The van der Waals surface area contributed by atoms with Crippen molar-refractivity contribution in [3.05, 3.63) is 46.7 Å². The molecule has 0 unspecified atom stereocenters. The Morgan fingerprint density at radius 2 is 2.30 bits per heavy atom. The molecular weight excluding hydrogens is 282 g/mol. The van der Waals surface area contributed by atoms with Crippen LogP contribution in [0.1, 0.15) is 17.4 Å². The number of benzene rings is 1. The molecule has 1 heterocycles. The fourth-order valence-electron chi connectivity index (χ4n) is 1.61. The molecule has 0 aliphatic carbocycles. The van der Waals surface area contributed by atoms with E-state index in [0.717, 1.165) is 0 Å². The van der Waals surface area contributed by atoms with Crippen molar-refractivity contribution in [1.82, 2.24) is 10.5 Å². The van der Waals surface area contributed by atoms with E-state index in [2.05, 4.69) is 15.8 Å². The number of aliphatic hydroxyl groups is 1. The van der Waals surface area contributed by atoms with Crippen LogP contribution in [0.15, 0.2) is 34.9 Å². The number of nitrogens with zero attached hydrogens (tertiary/aromatic N) is 1. The van der Waals surface area contributed by atoms with E-state index < -0.39 is 12.1 Å². The lowest BCUT2D eigenvalue weighted by molar-refractivity contribution is 0.175. The van der Waals surface area contributed by atoms with E-state index in [1.807, 2.05) is 0 Å². The summed E-state index contributed by atoms with van der Waals surface area (Å²) >= 11 is 5.83. The highest BCUT2D eigenvalue weighted by Crippen LogP contribution is 2.17. The van der Waals surface area contributed by atoms with Crippen LogP contribution in [0.5, 0.6) is 0 Å². The van der Waals surface area contributed by atoms with Crippen LogP contribution in [0, 0.1) is 6.92 Å². The third kappa shape index (κ3) is 3.97. The number of amides is 2. The zero-order valence-electron chi connectivity index (χ0n) is 10.8. The summed E-state index contributed by atoms with van der Waals surface area (Å²) in [6.45, 7) is 1.78. The number of urea groups is 1. The monoisotopic (exact) mass is 295 g/mol. The summed E-state index contributed by atoms with van der Waals surface area (Å²) in [5.74, 6) is 0.913. The van der Waals surface area contributed by atoms with Crippen LogP contribution in [0.3, 0.4) is 0 Å². The van der Waals surface area contributed by atoms with Crippen molar-refractivity contribution in [2.75, 3.05) is 11.9 Å². The maximum absolute atomic E-state index is 11.6. The van der Waals surface area contributed by atoms with Gasteiger partial charge in [0.25, 0.3) is 0 Å². The molecule has 0 bridgehead atoms. The van der Waals surface area contributed by atoms with Crippen molar-refractivity contribution in [1.29, 1.82) is 0 Å². The zero-order chi connectivity index (χ0) is 14.5. The zero-order valence-corrected chi connectivity index (χ0v) is 11.5. The van der Waals surface area contributed by atoms with Gasteiger partial charge in [0, 0.05) is 17.6 Å². The second-order valence-electron chi connectivity index (χ2n) is 4.23. The number of aromatic nitrogens is 1. The number of hydrogen-bond donors (Lipinski definition) is 3. The van der Waals surface area contributed by atoms with Crippen LogP contribution in [0.2, 0.25) is 5.02 Å². The first-order valence-electron chi connectivity index (χ1n) is 5.96. The Bertz CT molecular complexity index is 600. The molecule has 1 atom stereocenters. The van der Waals surface area contributed by atoms with Gasteiger partial charge in [-0.25, -0.2) is 4.79 Å². The van der Waals surface area contributed by atoms with Gasteiger partial charge in [-0.1, -0.05) is 28.9 Å². The van der Waals surface area contributed by atoms with E-state index in [4.69, 9.17) is 16.1 Å². The summed E-state index contributed by atoms with van der Waals surface area (Å²) in [6, 6.07) is 7.94. The lowest BCUT2D eigenvalue weighted by atomic mass is 10.1. The quantitative estimate of drug-likeness (QED) is 0.808. The predicted molar refractivity (Wildman–Crippen MR) is 74.7 cm³/mol. The summed E-state index contributed by atoms with van der Waals surface area (Å²) in [7, 11) is 0. The fraction of sp³-hybridized carbons (Fsp3) is 0.231. The molecule has 0 radical (unpaired) electrons. The van der Waals surface area contributed by atoms with Crippen molar-refractivity contribution < 1.29 is 14.4 Å². The summed E-state index contributed by atoms with van der Waals surface area (Å²) in [5, 5.41) is 19.1. The highest BCUT2D eigenvalue weighted by Gasteiger charge is 2.11. The molecule has 6 nitrogen and oxygen atoms in total. The van der Waals surface area contributed by atoms with E-state index in [1.165, 1.54) is 0 Å². The van der Waals surface area contributed by atoms with Gasteiger partial charge in [-0.05, 0) is 24.6 Å². The maximum atomic E-state index is 11.6. The normalized spacial score (nSPS) is 11.9. The third-order valence-corrected chi connectivity index (χ3v) is 2.79. The maximum Gasteiger partial charge on any atom is 0.320 e. The molecule has 2 rings (SSSR count). The molecule has 0 spiro atoms. The Morgan fingerprint density at radius 1 is 1.50 bits per heavy atom. The Morgan fingerprint density at radius 3 is 2.95 bits per heavy atom. The average molecular weight is 296 g/mol. The number of carbonyl (C=O) groups is 1. The molecule has 7 heteroatoms. The molecule has 0 saturated heterocycles. The number of anilines is 1. The molecule has 2 aromatic rings. The van der Waals surface area contributed by atoms with E-state index in [1.54, 1.807) is 37.3 Å². The molecule has 2 amide bonds. The Balaban J connectivity index is 1.84. The van der Waals surface area contributed by atoms with Crippen molar-refractivity contribution in [2.45, 2.75) is 13.0 Å². The van der Waals surface area contributed by atoms with Crippen LogP contribution in [-0.4, -0.2) is 22.8 Å². The summed E-state index contributed by atoms with van der Waals surface area (Å²) in [4.78, 5) is 11.6. The molecule has 106 valence electrons. The third-order valence-electron chi connectivity index (χ3n) is 2.56. The molecule has 3 N–H and O–H groups in total. The second-order valence-corrected chi connectivity index (χ2v) is 4.67. The number of aliphatic hydroxyl groups excluding tert-OH is 1. The molecule has 0 aliphatic heterocycles. The lowest BCUT2D eigenvalue weighted by Crippen LogP contribution is -2.32. The number of rotatable bonds is 4. The largest absolute Gasteiger partial charge is 0.387 e. The highest BCUT2D eigenvalue weighted by atomic mass is 35.5. The van der Waals surface area contributed by atoms with Gasteiger partial charge in [-0.2, -0.15) is 0 Å². The van der Waals surface area contributed by atoms with Gasteiger partial charge < -0.3 is 14.9 Å². The van der Waals surface area contributed by atoms with E-state index in [-0.39, 0.29) is 6.54 Å². The standard InChI is InChI=1S/C13H14ClN3O3/c1-8-5-12(17-20-8)16-13(19)15-7-11(18)9-3-2-4-10(14)6-9/h2-6,11,18H,7H2,1H3,(H2,15,16,17,19)/t11-/m1/s1. The van der Waals surface area contributed by atoms with Gasteiger partial charge in [0.2, 0.25) is 0 Å². The molecule has 0 aliphatic rings. The summed E-state index contributed by atoms with van der Waals surface area (Å²) in [5.41, 5.74) is 0.634. The molecule has 20 heavy (non-hydrogen) atoms. The first kappa shape index (κ1) is 14.4. The number of carbonyl (C=O) groups excluding carboxylic acids is 1. The van der Waals surface area contributed by atoms with Crippen LogP contribution in [-0.2, 0) is 0 Å². The highest BCUT2D eigenvalue weighted by molar-refractivity contribution is 6.30. The first-order chi connectivity index (χ1) is 9.54. The van der Waals surface area contributed by atoms with Crippen LogP contribution in [0.25, 0.3) is 0 Å². The van der Waals surface area contributed by atoms with Crippen LogP contribution >= 0.6 is 11.6 Å². The predicted octanol–water partition coefficient (Wildman–Crippen LogP) is 2.49. The van der Waals surface area contributed by atoms with Crippen molar-refractivity contribution in [3.8, 4) is 0 Å².